The van der Waals surface area contributed by atoms with Crippen molar-refractivity contribution >= 4 is 11.6 Å². The van der Waals surface area contributed by atoms with Crippen LogP contribution in [-0.2, 0) is 6.54 Å². The van der Waals surface area contributed by atoms with Gasteiger partial charge in [-0.05, 0) is 42.7 Å². The van der Waals surface area contributed by atoms with Gasteiger partial charge in [0.1, 0.15) is 0 Å². The molecule has 0 aliphatic carbocycles. The van der Waals surface area contributed by atoms with Gasteiger partial charge in [0.25, 0.3) is 5.91 Å². The summed E-state index contributed by atoms with van der Waals surface area (Å²) in [6, 6.07) is 28.2. The maximum atomic E-state index is 12.9. The Kier molecular flexibility index (Phi) is 5.25. The number of anilines is 1. The number of hydrogen-bond donors (Lipinski definition) is 1. The van der Waals surface area contributed by atoms with E-state index in [1.165, 1.54) is 0 Å². The van der Waals surface area contributed by atoms with Gasteiger partial charge in [0.2, 0.25) is 0 Å². The summed E-state index contributed by atoms with van der Waals surface area (Å²) in [6.45, 7) is 4.46. The van der Waals surface area contributed by atoms with Crippen LogP contribution in [0.2, 0.25) is 0 Å². The van der Waals surface area contributed by atoms with E-state index in [0.29, 0.717) is 12.1 Å². The van der Waals surface area contributed by atoms with Crippen molar-refractivity contribution in [2.75, 3.05) is 5.32 Å². The van der Waals surface area contributed by atoms with Gasteiger partial charge in [0.15, 0.2) is 0 Å². The number of nitrogens with zero attached hydrogens (tertiary/aromatic N) is 2. The van der Waals surface area contributed by atoms with Gasteiger partial charge < -0.3 is 5.32 Å². The minimum Gasteiger partial charge on any atom is -0.322 e. The van der Waals surface area contributed by atoms with Crippen LogP contribution < -0.4 is 5.32 Å². The summed E-state index contributed by atoms with van der Waals surface area (Å²) in [7, 11) is 0. The van der Waals surface area contributed by atoms with Crippen molar-refractivity contribution in [1.82, 2.24) is 9.78 Å². The first kappa shape index (κ1) is 18.7. The first-order chi connectivity index (χ1) is 14.1. The maximum absolute atomic E-state index is 12.9. The van der Waals surface area contributed by atoms with Gasteiger partial charge in [-0.25, -0.2) is 0 Å². The quantitative estimate of drug-likeness (QED) is 0.498. The van der Waals surface area contributed by atoms with Crippen molar-refractivity contribution in [1.29, 1.82) is 0 Å². The van der Waals surface area contributed by atoms with Gasteiger partial charge in [-0.2, -0.15) is 5.10 Å². The lowest BCUT2D eigenvalue weighted by molar-refractivity contribution is 0.102. The van der Waals surface area contributed by atoms with E-state index < -0.39 is 0 Å². The van der Waals surface area contributed by atoms with Crippen molar-refractivity contribution in [2.45, 2.75) is 20.4 Å². The van der Waals surface area contributed by atoms with Crippen molar-refractivity contribution in [3.8, 4) is 11.1 Å². The van der Waals surface area contributed by atoms with Crippen LogP contribution in [0.15, 0.2) is 84.9 Å². The molecule has 0 bridgehead atoms. The molecule has 1 heterocycles. The largest absolute Gasteiger partial charge is 0.322 e. The molecular weight excluding hydrogens is 358 g/mol. The Balaban J connectivity index is 1.51. The zero-order valence-corrected chi connectivity index (χ0v) is 16.6. The third-order valence-electron chi connectivity index (χ3n) is 5.03. The minimum absolute atomic E-state index is 0.133. The molecule has 1 N–H and O–H groups in total. The number of carbonyl (C=O) groups is 1. The first-order valence-electron chi connectivity index (χ1n) is 9.66. The Morgan fingerprint density at radius 3 is 2.07 bits per heavy atom. The lowest BCUT2D eigenvalue weighted by Gasteiger charge is -2.08. The third kappa shape index (κ3) is 4.11. The average molecular weight is 381 g/mol. The molecule has 0 aliphatic heterocycles. The van der Waals surface area contributed by atoms with Crippen LogP contribution in [-0.4, -0.2) is 15.7 Å². The predicted octanol–water partition coefficient (Wildman–Crippen LogP) is 5.47. The van der Waals surface area contributed by atoms with E-state index in [2.05, 4.69) is 34.7 Å². The molecule has 1 amide bonds. The van der Waals surface area contributed by atoms with Gasteiger partial charge in [-0.15, -0.1) is 0 Å². The monoisotopic (exact) mass is 381 g/mol. The Hall–Kier alpha value is -3.66. The van der Waals surface area contributed by atoms with E-state index >= 15 is 0 Å². The molecule has 3 aromatic carbocycles. The summed E-state index contributed by atoms with van der Waals surface area (Å²) < 4.78 is 1.89. The van der Waals surface area contributed by atoms with Crippen LogP contribution in [0.5, 0.6) is 0 Å². The van der Waals surface area contributed by atoms with E-state index in [0.717, 1.165) is 33.8 Å². The topological polar surface area (TPSA) is 46.9 Å². The van der Waals surface area contributed by atoms with E-state index in [1.54, 1.807) is 0 Å². The Morgan fingerprint density at radius 2 is 1.41 bits per heavy atom. The van der Waals surface area contributed by atoms with Crippen LogP contribution in [0.1, 0.15) is 27.3 Å². The van der Waals surface area contributed by atoms with Crippen LogP contribution in [0.4, 0.5) is 5.69 Å². The number of amides is 1. The van der Waals surface area contributed by atoms with Crippen LogP contribution in [0, 0.1) is 13.8 Å². The standard InChI is InChI=1S/C25H23N3O/c1-18-24(19(2)28(27-18)17-20-9-5-3-6-10-20)25(29)26-23-15-13-22(14-16-23)21-11-7-4-8-12-21/h3-16H,17H2,1-2H3,(H,26,29). The highest BCUT2D eigenvalue weighted by Gasteiger charge is 2.19. The molecule has 0 unspecified atom stereocenters. The molecule has 4 heteroatoms. The molecule has 29 heavy (non-hydrogen) atoms. The predicted molar refractivity (Wildman–Crippen MR) is 117 cm³/mol. The lowest BCUT2D eigenvalue weighted by Crippen LogP contribution is -2.14. The summed E-state index contributed by atoms with van der Waals surface area (Å²) in [4.78, 5) is 12.9. The molecule has 0 aliphatic rings. The Labute approximate surface area is 170 Å². The molecule has 4 rings (SSSR count). The summed E-state index contributed by atoms with van der Waals surface area (Å²) in [5, 5.41) is 7.58. The molecule has 4 nitrogen and oxygen atoms in total. The van der Waals surface area contributed by atoms with Crippen molar-refractivity contribution in [3.63, 3.8) is 0 Å². The number of aromatic nitrogens is 2. The number of rotatable bonds is 5. The highest BCUT2D eigenvalue weighted by atomic mass is 16.1. The van der Waals surface area contributed by atoms with Crippen molar-refractivity contribution in [2.24, 2.45) is 0 Å². The lowest BCUT2D eigenvalue weighted by atomic mass is 10.1. The van der Waals surface area contributed by atoms with Gasteiger partial charge >= 0.3 is 0 Å². The fourth-order valence-corrected chi connectivity index (χ4v) is 3.51. The fourth-order valence-electron chi connectivity index (χ4n) is 3.51. The van der Waals surface area contributed by atoms with Gasteiger partial charge in [-0.1, -0.05) is 72.8 Å². The molecule has 0 radical (unpaired) electrons. The average Bonchev–Trinajstić information content (AvgIpc) is 3.03. The van der Waals surface area contributed by atoms with Crippen LogP contribution in [0.3, 0.4) is 0 Å². The Bertz CT molecular complexity index is 1110. The molecule has 0 spiro atoms. The van der Waals surface area contributed by atoms with E-state index in [1.807, 2.05) is 79.2 Å². The summed E-state index contributed by atoms with van der Waals surface area (Å²) in [5.74, 6) is -0.133. The second-order valence-corrected chi connectivity index (χ2v) is 7.09. The molecule has 0 fully saturated rings. The number of aryl methyl sites for hydroxylation is 1. The summed E-state index contributed by atoms with van der Waals surface area (Å²) in [5.41, 5.74) is 6.42. The first-order valence-corrected chi connectivity index (χ1v) is 9.66. The third-order valence-corrected chi connectivity index (χ3v) is 5.03. The zero-order chi connectivity index (χ0) is 20.2. The molecular formula is C25H23N3O. The molecule has 4 aromatic rings. The second-order valence-electron chi connectivity index (χ2n) is 7.09. The van der Waals surface area contributed by atoms with Gasteiger partial charge in [0.05, 0.1) is 17.8 Å². The SMILES string of the molecule is Cc1nn(Cc2ccccc2)c(C)c1C(=O)Nc1ccc(-c2ccccc2)cc1. The normalized spacial score (nSPS) is 10.7. The maximum Gasteiger partial charge on any atom is 0.259 e. The van der Waals surface area contributed by atoms with E-state index in [4.69, 9.17) is 0 Å². The molecule has 0 atom stereocenters. The highest BCUT2D eigenvalue weighted by Crippen LogP contribution is 2.22. The van der Waals surface area contributed by atoms with Crippen LogP contribution >= 0.6 is 0 Å². The summed E-state index contributed by atoms with van der Waals surface area (Å²) >= 11 is 0. The molecule has 1 aromatic heterocycles. The molecule has 0 saturated heterocycles. The van der Waals surface area contributed by atoms with Gasteiger partial charge in [0, 0.05) is 11.4 Å². The van der Waals surface area contributed by atoms with E-state index in [-0.39, 0.29) is 5.91 Å². The molecule has 0 saturated carbocycles. The number of hydrogen-bond acceptors (Lipinski definition) is 2. The zero-order valence-electron chi connectivity index (χ0n) is 16.6. The number of carbonyl (C=O) groups excluding carboxylic acids is 1. The minimum atomic E-state index is -0.133. The fraction of sp³-hybridized carbons (Fsp3) is 0.120. The van der Waals surface area contributed by atoms with E-state index in [9.17, 15) is 4.79 Å². The highest BCUT2D eigenvalue weighted by molar-refractivity contribution is 6.05. The second kappa shape index (κ2) is 8.15. The number of benzene rings is 3. The summed E-state index contributed by atoms with van der Waals surface area (Å²) in [6.07, 6.45) is 0. The smallest absolute Gasteiger partial charge is 0.259 e. The van der Waals surface area contributed by atoms with Crippen molar-refractivity contribution in [3.05, 3.63) is 107 Å². The Morgan fingerprint density at radius 1 is 0.828 bits per heavy atom. The van der Waals surface area contributed by atoms with Crippen molar-refractivity contribution < 1.29 is 4.79 Å². The van der Waals surface area contributed by atoms with Gasteiger partial charge in [-0.3, -0.25) is 9.48 Å². The van der Waals surface area contributed by atoms with Crippen LogP contribution in [0.25, 0.3) is 11.1 Å². The molecule has 144 valence electrons. The number of nitrogens with one attached hydrogen (secondary N) is 1.